The lowest BCUT2D eigenvalue weighted by Gasteiger charge is -2.13. The van der Waals surface area contributed by atoms with E-state index < -0.39 is 10.0 Å². The number of nitrogens with one attached hydrogen (secondary N) is 2. The van der Waals surface area contributed by atoms with Gasteiger partial charge >= 0.3 is 0 Å². The first-order valence-electron chi connectivity index (χ1n) is 8.65. The minimum absolute atomic E-state index is 0. The summed E-state index contributed by atoms with van der Waals surface area (Å²) in [4.78, 5) is 4.44. The minimum atomic E-state index is -3.41. The van der Waals surface area contributed by atoms with E-state index in [1.54, 1.807) is 31.3 Å². The molecule has 10 heteroatoms. The first-order chi connectivity index (χ1) is 12.7. The molecule has 0 atom stereocenters. The van der Waals surface area contributed by atoms with Gasteiger partial charge in [0.1, 0.15) is 0 Å². The second-order valence-corrected chi connectivity index (χ2v) is 8.74. The maximum atomic E-state index is 12.1. The van der Waals surface area contributed by atoms with E-state index in [4.69, 9.17) is 4.52 Å². The molecule has 1 aromatic carbocycles. The molecule has 0 aliphatic carbocycles. The van der Waals surface area contributed by atoms with Gasteiger partial charge in [-0.25, -0.2) is 12.7 Å². The van der Waals surface area contributed by atoms with Crippen LogP contribution >= 0.6 is 24.0 Å². The van der Waals surface area contributed by atoms with Crippen molar-refractivity contribution in [2.75, 3.05) is 21.1 Å². The van der Waals surface area contributed by atoms with Crippen LogP contribution in [0, 0.1) is 0 Å². The van der Waals surface area contributed by atoms with Crippen molar-refractivity contribution in [3.8, 4) is 0 Å². The van der Waals surface area contributed by atoms with Gasteiger partial charge in [0.2, 0.25) is 10.0 Å². The highest BCUT2D eigenvalue weighted by molar-refractivity contribution is 14.0. The molecule has 1 aromatic heterocycles. The zero-order valence-electron chi connectivity index (χ0n) is 16.8. The summed E-state index contributed by atoms with van der Waals surface area (Å²) >= 11 is 0. The Morgan fingerprint density at radius 3 is 2.29 bits per heavy atom. The Balaban J connectivity index is 0.00000392. The highest BCUT2D eigenvalue weighted by Crippen LogP contribution is 2.14. The second kappa shape index (κ2) is 10.8. The molecular weight excluding hydrogens is 493 g/mol. The third-order valence-electron chi connectivity index (χ3n) is 3.98. The van der Waals surface area contributed by atoms with Crippen LogP contribution in [0.2, 0.25) is 0 Å². The molecule has 0 bridgehead atoms. The molecule has 2 N–H and O–H groups in total. The molecule has 8 nitrogen and oxygen atoms in total. The van der Waals surface area contributed by atoms with Crippen molar-refractivity contribution in [2.45, 2.75) is 37.8 Å². The monoisotopic (exact) mass is 521 g/mol. The Hall–Kier alpha value is -1.66. The number of hydrogen-bond acceptors (Lipinski definition) is 5. The number of hydrogen-bond donors (Lipinski definition) is 2. The number of guanidine groups is 1. The summed E-state index contributed by atoms with van der Waals surface area (Å²) in [6.45, 7) is 5.10. The zero-order chi connectivity index (χ0) is 20.0. The van der Waals surface area contributed by atoms with E-state index in [1.165, 1.54) is 18.4 Å². The molecule has 2 aromatic rings. The number of rotatable bonds is 7. The number of aliphatic imine (C=N–C) groups is 1. The van der Waals surface area contributed by atoms with E-state index in [0.29, 0.717) is 25.0 Å². The van der Waals surface area contributed by atoms with Crippen LogP contribution in [0.4, 0.5) is 0 Å². The summed E-state index contributed by atoms with van der Waals surface area (Å²) in [5, 5.41) is 10.4. The van der Waals surface area contributed by atoms with Gasteiger partial charge < -0.3 is 15.2 Å². The lowest BCUT2D eigenvalue weighted by Crippen LogP contribution is -2.36. The predicted molar refractivity (Wildman–Crippen MR) is 120 cm³/mol. The molecule has 0 radical (unpaired) electrons. The number of aromatic nitrogens is 1. The van der Waals surface area contributed by atoms with Gasteiger partial charge in [-0.2, -0.15) is 0 Å². The van der Waals surface area contributed by atoms with Crippen molar-refractivity contribution >= 4 is 40.0 Å². The molecule has 0 spiro atoms. The van der Waals surface area contributed by atoms with Gasteiger partial charge in [-0.3, -0.25) is 4.99 Å². The van der Waals surface area contributed by atoms with Crippen LogP contribution in [0.5, 0.6) is 0 Å². The fraction of sp³-hybridized carbons (Fsp3) is 0.444. The number of benzene rings is 1. The van der Waals surface area contributed by atoms with Crippen LogP contribution in [-0.4, -0.2) is 45.0 Å². The topological polar surface area (TPSA) is 99.8 Å². The lowest BCUT2D eigenvalue weighted by molar-refractivity contribution is 0.372. The van der Waals surface area contributed by atoms with Gasteiger partial charge in [0, 0.05) is 33.8 Å². The molecule has 156 valence electrons. The van der Waals surface area contributed by atoms with E-state index in [2.05, 4.69) is 34.6 Å². The summed E-state index contributed by atoms with van der Waals surface area (Å²) in [6, 6.07) is 8.69. The van der Waals surface area contributed by atoms with Crippen molar-refractivity contribution in [3.05, 3.63) is 47.3 Å². The Kier molecular flexibility index (Phi) is 9.37. The van der Waals surface area contributed by atoms with Gasteiger partial charge in [0.05, 0.1) is 17.1 Å². The molecule has 0 saturated heterocycles. The van der Waals surface area contributed by atoms with Crippen molar-refractivity contribution in [2.24, 2.45) is 4.99 Å². The van der Waals surface area contributed by atoms with Crippen LogP contribution < -0.4 is 10.6 Å². The zero-order valence-corrected chi connectivity index (χ0v) is 19.9. The maximum absolute atomic E-state index is 12.1. The quantitative estimate of drug-likeness (QED) is 0.330. The molecular formula is C18H28IN5O3S. The van der Waals surface area contributed by atoms with Crippen molar-refractivity contribution in [1.82, 2.24) is 20.1 Å². The van der Waals surface area contributed by atoms with Crippen molar-refractivity contribution in [1.29, 1.82) is 0 Å². The maximum Gasteiger partial charge on any atom is 0.242 e. The molecule has 1 heterocycles. The fourth-order valence-corrected chi connectivity index (χ4v) is 3.15. The molecule has 0 aliphatic heterocycles. The number of sulfonamides is 1. The Labute approximate surface area is 183 Å². The smallest absolute Gasteiger partial charge is 0.242 e. The Morgan fingerprint density at radius 1 is 1.18 bits per heavy atom. The van der Waals surface area contributed by atoms with Crippen molar-refractivity contribution < 1.29 is 12.9 Å². The van der Waals surface area contributed by atoms with Gasteiger partial charge in [0.15, 0.2) is 11.7 Å². The molecule has 0 fully saturated rings. The van der Waals surface area contributed by atoms with Gasteiger partial charge in [-0.15, -0.1) is 24.0 Å². The fourth-order valence-electron chi connectivity index (χ4n) is 2.25. The van der Waals surface area contributed by atoms with Gasteiger partial charge in [0.25, 0.3) is 0 Å². The SMILES string of the molecule is CN=C(NCc1ccc(S(=O)(=O)N(C)C)cc1)NCc1cc(C(C)C)no1.I. The first kappa shape index (κ1) is 24.4. The van der Waals surface area contributed by atoms with Crippen LogP contribution in [0.1, 0.15) is 36.8 Å². The molecule has 0 aliphatic rings. The summed E-state index contributed by atoms with van der Waals surface area (Å²) in [7, 11) is 1.30. The average molecular weight is 521 g/mol. The molecule has 0 amide bonds. The lowest BCUT2D eigenvalue weighted by atomic mass is 10.1. The van der Waals surface area contributed by atoms with Crippen LogP contribution in [-0.2, 0) is 23.1 Å². The molecule has 0 unspecified atom stereocenters. The van der Waals surface area contributed by atoms with Crippen molar-refractivity contribution in [3.63, 3.8) is 0 Å². The van der Waals surface area contributed by atoms with E-state index in [-0.39, 0.29) is 28.9 Å². The van der Waals surface area contributed by atoms with Gasteiger partial charge in [-0.1, -0.05) is 31.1 Å². The number of halogens is 1. The van der Waals surface area contributed by atoms with E-state index in [9.17, 15) is 8.42 Å². The minimum Gasteiger partial charge on any atom is -0.359 e. The van der Waals surface area contributed by atoms with Crippen LogP contribution in [0.25, 0.3) is 0 Å². The normalized spacial score (nSPS) is 12.2. The van der Waals surface area contributed by atoms with Crippen LogP contribution in [0.15, 0.2) is 44.7 Å². The number of nitrogens with zero attached hydrogens (tertiary/aromatic N) is 3. The second-order valence-electron chi connectivity index (χ2n) is 6.58. The standard InChI is InChI=1S/C18H27N5O3S.HI/c1-13(2)17-10-15(26-22-17)12-21-18(19-3)20-11-14-6-8-16(9-7-14)27(24,25)23(4)5;/h6-10,13H,11-12H2,1-5H3,(H2,19,20,21);1H. The Morgan fingerprint density at radius 2 is 1.79 bits per heavy atom. The average Bonchev–Trinajstić information content (AvgIpc) is 3.11. The largest absolute Gasteiger partial charge is 0.359 e. The first-order valence-corrected chi connectivity index (χ1v) is 10.1. The molecule has 0 saturated carbocycles. The van der Waals surface area contributed by atoms with E-state index in [0.717, 1.165) is 17.0 Å². The Bertz CT molecular complexity index is 877. The summed E-state index contributed by atoms with van der Waals surface area (Å²) in [5.41, 5.74) is 1.86. The molecule has 28 heavy (non-hydrogen) atoms. The van der Waals surface area contributed by atoms with E-state index >= 15 is 0 Å². The third-order valence-corrected chi connectivity index (χ3v) is 5.81. The summed E-state index contributed by atoms with van der Waals surface area (Å²) in [5.74, 6) is 1.67. The highest BCUT2D eigenvalue weighted by atomic mass is 127. The third kappa shape index (κ3) is 6.45. The highest BCUT2D eigenvalue weighted by Gasteiger charge is 2.16. The predicted octanol–water partition coefficient (Wildman–Crippen LogP) is 2.53. The molecule has 2 rings (SSSR count). The summed E-state index contributed by atoms with van der Waals surface area (Å²) < 4.78 is 30.7. The van der Waals surface area contributed by atoms with E-state index in [1.807, 2.05) is 6.07 Å². The van der Waals surface area contributed by atoms with Crippen LogP contribution in [0.3, 0.4) is 0 Å². The summed E-state index contributed by atoms with van der Waals surface area (Å²) in [6.07, 6.45) is 0. The van der Waals surface area contributed by atoms with Gasteiger partial charge in [-0.05, 0) is 23.6 Å².